The number of nitrogen functional groups attached to an aromatic ring is 1. The number of aromatic nitrogens is 1. The van der Waals surface area contributed by atoms with Gasteiger partial charge in [-0.3, -0.25) is 9.78 Å². The zero-order chi connectivity index (χ0) is 14.4. The summed E-state index contributed by atoms with van der Waals surface area (Å²) in [5.74, 6) is 1.53. The van der Waals surface area contributed by atoms with Crippen molar-refractivity contribution in [3.05, 3.63) is 23.2 Å². The van der Waals surface area contributed by atoms with E-state index >= 15 is 0 Å². The molecule has 0 atom stereocenters. The molecule has 2 N–H and O–H groups in total. The second-order valence-electron chi connectivity index (χ2n) is 6.29. The number of hydrogen-bond donors (Lipinski definition) is 1. The van der Waals surface area contributed by atoms with E-state index in [1.165, 1.54) is 37.0 Å². The Morgan fingerprint density at radius 3 is 2.52 bits per heavy atom. The molecule has 1 amide bonds. The van der Waals surface area contributed by atoms with Crippen LogP contribution in [0.3, 0.4) is 0 Å². The predicted molar refractivity (Wildman–Crippen MR) is 85.4 cm³/mol. The van der Waals surface area contributed by atoms with Gasteiger partial charge < -0.3 is 10.6 Å². The van der Waals surface area contributed by atoms with Gasteiger partial charge in [-0.15, -0.1) is 11.3 Å². The third kappa shape index (κ3) is 2.62. The number of anilines is 1. The molecular weight excluding hydrogens is 282 g/mol. The Labute approximate surface area is 128 Å². The van der Waals surface area contributed by atoms with E-state index in [1.54, 1.807) is 6.20 Å². The standard InChI is InChI=1S/C16H19N3OS/c17-13-14-12(2-1-7-18-14)21-15(13)16(20)19(8-10-3-4-10)9-11-5-6-11/h1-2,7,10-11H,3-6,8-9,17H2. The molecule has 2 aliphatic rings. The van der Waals surface area contributed by atoms with Gasteiger partial charge in [0.2, 0.25) is 0 Å². The number of amides is 1. The Bertz CT molecular complexity index is 674. The SMILES string of the molecule is Nc1c(C(=O)N(CC2CC2)CC2CC2)sc2cccnc12. The van der Waals surface area contributed by atoms with Crippen LogP contribution in [0.5, 0.6) is 0 Å². The Hall–Kier alpha value is -1.62. The number of hydrogen-bond acceptors (Lipinski definition) is 4. The molecule has 2 fully saturated rings. The third-order valence-electron chi connectivity index (χ3n) is 4.31. The van der Waals surface area contributed by atoms with Crippen molar-refractivity contribution in [2.24, 2.45) is 11.8 Å². The van der Waals surface area contributed by atoms with Crippen molar-refractivity contribution in [3.8, 4) is 0 Å². The zero-order valence-corrected chi connectivity index (χ0v) is 12.7. The van der Waals surface area contributed by atoms with Gasteiger partial charge in [-0.1, -0.05) is 0 Å². The van der Waals surface area contributed by atoms with Gasteiger partial charge in [-0.2, -0.15) is 0 Å². The molecule has 5 heteroatoms. The summed E-state index contributed by atoms with van der Waals surface area (Å²) < 4.78 is 0.996. The molecule has 4 nitrogen and oxygen atoms in total. The summed E-state index contributed by atoms with van der Waals surface area (Å²) in [7, 11) is 0. The fourth-order valence-corrected chi connectivity index (χ4v) is 3.76. The van der Waals surface area contributed by atoms with Crippen molar-refractivity contribution in [3.63, 3.8) is 0 Å². The number of nitrogens with zero attached hydrogens (tertiary/aromatic N) is 2. The first-order chi connectivity index (χ1) is 10.2. The van der Waals surface area contributed by atoms with Crippen LogP contribution in [0.15, 0.2) is 18.3 Å². The number of carbonyl (C=O) groups is 1. The minimum absolute atomic E-state index is 0.106. The molecule has 0 radical (unpaired) electrons. The Morgan fingerprint density at radius 2 is 1.95 bits per heavy atom. The Morgan fingerprint density at radius 1 is 1.29 bits per heavy atom. The highest BCUT2D eigenvalue weighted by atomic mass is 32.1. The van der Waals surface area contributed by atoms with Crippen molar-refractivity contribution in [1.82, 2.24) is 9.88 Å². The first kappa shape index (κ1) is 13.1. The molecule has 0 saturated heterocycles. The minimum atomic E-state index is 0.106. The number of nitrogens with two attached hydrogens (primary N) is 1. The molecule has 2 aromatic rings. The van der Waals surface area contributed by atoms with E-state index in [4.69, 9.17) is 5.73 Å². The number of fused-ring (bicyclic) bond motifs is 1. The highest BCUT2D eigenvalue weighted by Gasteiger charge is 2.33. The van der Waals surface area contributed by atoms with Crippen molar-refractivity contribution in [2.45, 2.75) is 25.7 Å². The van der Waals surface area contributed by atoms with E-state index in [0.29, 0.717) is 22.4 Å². The fourth-order valence-electron chi connectivity index (χ4n) is 2.71. The lowest BCUT2D eigenvalue weighted by molar-refractivity contribution is 0.0745. The van der Waals surface area contributed by atoms with Crippen LogP contribution in [-0.4, -0.2) is 28.9 Å². The van der Waals surface area contributed by atoms with Crippen molar-refractivity contribution < 1.29 is 4.79 Å². The molecule has 0 bridgehead atoms. The predicted octanol–water partition coefficient (Wildman–Crippen LogP) is 3.14. The molecule has 2 aliphatic carbocycles. The van der Waals surface area contributed by atoms with Gasteiger partial charge in [0.05, 0.1) is 10.4 Å². The smallest absolute Gasteiger partial charge is 0.266 e. The van der Waals surface area contributed by atoms with Gasteiger partial charge in [0, 0.05) is 19.3 Å². The molecule has 0 aromatic carbocycles. The zero-order valence-electron chi connectivity index (χ0n) is 11.9. The van der Waals surface area contributed by atoms with E-state index in [1.807, 2.05) is 17.0 Å². The normalized spacial score (nSPS) is 18.1. The first-order valence-corrected chi connectivity index (χ1v) is 8.46. The molecule has 0 unspecified atom stereocenters. The van der Waals surface area contributed by atoms with Crippen molar-refractivity contribution in [2.75, 3.05) is 18.8 Å². The molecule has 2 heterocycles. The summed E-state index contributed by atoms with van der Waals surface area (Å²) in [6.07, 6.45) is 6.78. The largest absolute Gasteiger partial charge is 0.396 e. The summed E-state index contributed by atoms with van der Waals surface area (Å²) in [5, 5.41) is 0. The number of thiophene rings is 1. The summed E-state index contributed by atoms with van der Waals surface area (Å²) in [4.78, 5) is 19.9. The highest BCUT2D eigenvalue weighted by Crippen LogP contribution is 2.37. The maximum absolute atomic E-state index is 12.9. The second-order valence-corrected chi connectivity index (χ2v) is 7.34. The van der Waals surface area contributed by atoms with Gasteiger partial charge in [0.15, 0.2) is 0 Å². The number of rotatable bonds is 5. The maximum Gasteiger partial charge on any atom is 0.266 e. The van der Waals surface area contributed by atoms with Crippen molar-refractivity contribution in [1.29, 1.82) is 0 Å². The van der Waals surface area contributed by atoms with Crippen LogP contribution < -0.4 is 5.73 Å². The average Bonchev–Trinajstić information content (AvgIpc) is 3.40. The number of carbonyl (C=O) groups excluding carboxylic acids is 1. The van der Waals surface area contributed by atoms with Gasteiger partial charge in [0.25, 0.3) is 5.91 Å². The molecule has 110 valence electrons. The molecule has 21 heavy (non-hydrogen) atoms. The van der Waals surface area contributed by atoms with Gasteiger partial charge in [-0.05, 0) is 49.7 Å². The van der Waals surface area contributed by atoms with Crippen LogP contribution in [0.4, 0.5) is 5.69 Å². The van der Waals surface area contributed by atoms with E-state index in [2.05, 4.69) is 4.98 Å². The van der Waals surface area contributed by atoms with Gasteiger partial charge in [-0.25, -0.2) is 0 Å². The lowest BCUT2D eigenvalue weighted by Gasteiger charge is -2.22. The maximum atomic E-state index is 12.9. The second kappa shape index (κ2) is 4.98. The molecule has 2 saturated carbocycles. The fraction of sp³-hybridized carbons (Fsp3) is 0.500. The molecule has 0 aliphatic heterocycles. The van der Waals surface area contributed by atoms with E-state index in [0.717, 1.165) is 23.3 Å². The topological polar surface area (TPSA) is 59.2 Å². The monoisotopic (exact) mass is 301 g/mol. The van der Waals surface area contributed by atoms with E-state index in [-0.39, 0.29) is 5.91 Å². The summed E-state index contributed by atoms with van der Waals surface area (Å²) in [6, 6.07) is 3.87. The average molecular weight is 301 g/mol. The van der Waals surface area contributed by atoms with Crippen LogP contribution in [0, 0.1) is 11.8 Å². The minimum Gasteiger partial charge on any atom is -0.396 e. The van der Waals surface area contributed by atoms with Crippen LogP contribution in [0.25, 0.3) is 10.2 Å². The number of pyridine rings is 1. The van der Waals surface area contributed by atoms with E-state index in [9.17, 15) is 4.79 Å². The Balaban J connectivity index is 1.64. The van der Waals surface area contributed by atoms with Crippen molar-refractivity contribution >= 4 is 33.1 Å². The van der Waals surface area contributed by atoms with Crippen LogP contribution in [0.2, 0.25) is 0 Å². The van der Waals surface area contributed by atoms with Gasteiger partial charge >= 0.3 is 0 Å². The van der Waals surface area contributed by atoms with Crippen LogP contribution in [0.1, 0.15) is 35.4 Å². The molecular formula is C16H19N3OS. The third-order valence-corrected chi connectivity index (χ3v) is 5.46. The quantitative estimate of drug-likeness (QED) is 0.923. The summed E-state index contributed by atoms with van der Waals surface area (Å²) in [5.41, 5.74) is 7.49. The molecule has 0 spiro atoms. The molecule has 2 aromatic heterocycles. The first-order valence-electron chi connectivity index (χ1n) is 7.64. The van der Waals surface area contributed by atoms with E-state index < -0.39 is 0 Å². The summed E-state index contributed by atoms with van der Waals surface area (Å²) >= 11 is 1.48. The van der Waals surface area contributed by atoms with Crippen LogP contribution >= 0.6 is 11.3 Å². The summed E-state index contributed by atoms with van der Waals surface area (Å²) in [6.45, 7) is 1.80. The van der Waals surface area contributed by atoms with Crippen LogP contribution in [-0.2, 0) is 0 Å². The lowest BCUT2D eigenvalue weighted by Crippen LogP contribution is -2.34. The Kier molecular flexibility index (Phi) is 3.10. The van der Waals surface area contributed by atoms with Gasteiger partial charge in [0.1, 0.15) is 10.4 Å². The molecule has 4 rings (SSSR count). The highest BCUT2D eigenvalue weighted by molar-refractivity contribution is 7.21. The lowest BCUT2D eigenvalue weighted by atomic mass is 10.2.